The monoisotopic (exact) mass is 272 g/mol. The van der Waals surface area contributed by atoms with E-state index in [2.05, 4.69) is 21.4 Å². The second-order valence-corrected chi connectivity index (χ2v) is 5.16. The predicted molar refractivity (Wildman–Crippen MR) is 78.1 cm³/mol. The van der Waals surface area contributed by atoms with Crippen molar-refractivity contribution in [1.82, 2.24) is 14.5 Å². The molecule has 5 nitrogen and oxygen atoms in total. The Hall–Kier alpha value is -1.88. The van der Waals surface area contributed by atoms with E-state index in [4.69, 9.17) is 4.74 Å². The van der Waals surface area contributed by atoms with Crippen LogP contribution in [0.1, 0.15) is 18.7 Å². The maximum absolute atomic E-state index is 5.40. The molecule has 2 aromatic heterocycles. The number of aromatic nitrogens is 3. The van der Waals surface area contributed by atoms with E-state index >= 15 is 0 Å². The summed E-state index contributed by atoms with van der Waals surface area (Å²) >= 11 is 0. The first-order valence-corrected chi connectivity index (χ1v) is 7.11. The fourth-order valence-corrected chi connectivity index (χ4v) is 2.53. The van der Waals surface area contributed by atoms with Crippen molar-refractivity contribution >= 4 is 5.69 Å². The molecule has 106 valence electrons. The number of nitrogens with zero attached hydrogens (tertiary/aromatic N) is 3. The molecule has 0 aromatic carbocycles. The van der Waals surface area contributed by atoms with Crippen LogP contribution < -0.4 is 5.32 Å². The lowest BCUT2D eigenvalue weighted by Gasteiger charge is -2.23. The number of hydrogen-bond donors (Lipinski definition) is 1. The van der Waals surface area contributed by atoms with Gasteiger partial charge < -0.3 is 10.1 Å². The molecule has 1 aliphatic heterocycles. The number of pyridine rings is 1. The Balaban J connectivity index is 1.74. The van der Waals surface area contributed by atoms with Gasteiger partial charge in [-0.15, -0.1) is 0 Å². The van der Waals surface area contributed by atoms with E-state index in [0.717, 1.165) is 49.9 Å². The minimum atomic E-state index is 0.681. The maximum atomic E-state index is 5.40. The molecule has 3 heterocycles. The average Bonchev–Trinajstić information content (AvgIpc) is 2.92. The molecule has 0 unspecified atom stereocenters. The number of imidazole rings is 1. The van der Waals surface area contributed by atoms with Gasteiger partial charge in [0, 0.05) is 38.3 Å². The molecule has 1 saturated heterocycles. The van der Waals surface area contributed by atoms with Gasteiger partial charge in [-0.1, -0.05) is 0 Å². The van der Waals surface area contributed by atoms with Gasteiger partial charge in [0.05, 0.1) is 5.69 Å². The Kier molecular flexibility index (Phi) is 3.97. The number of rotatable bonds is 4. The average molecular weight is 272 g/mol. The van der Waals surface area contributed by atoms with Gasteiger partial charge in [0.15, 0.2) is 5.82 Å². The summed E-state index contributed by atoms with van der Waals surface area (Å²) in [7, 11) is 0. The summed E-state index contributed by atoms with van der Waals surface area (Å²) in [6.45, 7) is 4.71. The van der Waals surface area contributed by atoms with Crippen LogP contribution in [-0.2, 0) is 4.74 Å². The van der Waals surface area contributed by atoms with Crippen molar-refractivity contribution in [3.8, 4) is 5.82 Å². The normalized spacial score (nSPS) is 16.2. The molecule has 1 N–H and O–H groups in total. The van der Waals surface area contributed by atoms with Crippen LogP contribution in [0.25, 0.3) is 5.82 Å². The van der Waals surface area contributed by atoms with Crippen molar-refractivity contribution in [2.75, 3.05) is 25.1 Å². The number of nitrogens with one attached hydrogen (secondary N) is 1. The fourth-order valence-electron chi connectivity index (χ4n) is 2.53. The lowest BCUT2D eigenvalue weighted by molar-refractivity contribution is 0.0699. The van der Waals surface area contributed by atoms with Crippen LogP contribution in [0, 0.1) is 12.8 Å². The van der Waals surface area contributed by atoms with E-state index < -0.39 is 0 Å². The van der Waals surface area contributed by atoms with E-state index in [1.807, 2.05) is 30.0 Å². The standard InChI is InChI=1S/C15H20N4O/c1-12-16-7-8-19(12)15-14(3-2-6-17-15)18-11-13-4-9-20-10-5-13/h2-3,6-8,13,18H,4-5,9-11H2,1H3. The quantitative estimate of drug-likeness (QED) is 0.928. The number of ether oxygens (including phenoxy) is 1. The van der Waals surface area contributed by atoms with E-state index in [9.17, 15) is 0 Å². The Morgan fingerprint density at radius 3 is 2.90 bits per heavy atom. The lowest BCUT2D eigenvalue weighted by Crippen LogP contribution is -2.23. The van der Waals surface area contributed by atoms with Crippen LogP contribution in [0.3, 0.4) is 0 Å². The topological polar surface area (TPSA) is 52.0 Å². The van der Waals surface area contributed by atoms with Crippen molar-refractivity contribution in [2.45, 2.75) is 19.8 Å². The highest BCUT2D eigenvalue weighted by Gasteiger charge is 2.14. The number of aryl methyl sites for hydroxylation is 1. The molecule has 0 amide bonds. The lowest BCUT2D eigenvalue weighted by atomic mass is 10.0. The largest absolute Gasteiger partial charge is 0.382 e. The minimum Gasteiger partial charge on any atom is -0.382 e. The summed E-state index contributed by atoms with van der Waals surface area (Å²) in [5, 5.41) is 3.53. The summed E-state index contributed by atoms with van der Waals surface area (Å²) in [6.07, 6.45) is 7.82. The molecular formula is C15H20N4O. The van der Waals surface area contributed by atoms with Gasteiger partial charge in [0.2, 0.25) is 0 Å². The summed E-state index contributed by atoms with van der Waals surface area (Å²) in [5.41, 5.74) is 1.06. The van der Waals surface area contributed by atoms with Crippen molar-refractivity contribution in [3.05, 3.63) is 36.5 Å². The van der Waals surface area contributed by atoms with Gasteiger partial charge in [0.1, 0.15) is 5.82 Å². The molecule has 0 spiro atoms. The van der Waals surface area contributed by atoms with Crippen LogP contribution >= 0.6 is 0 Å². The molecule has 20 heavy (non-hydrogen) atoms. The van der Waals surface area contributed by atoms with Crippen molar-refractivity contribution in [1.29, 1.82) is 0 Å². The minimum absolute atomic E-state index is 0.681. The van der Waals surface area contributed by atoms with Gasteiger partial charge >= 0.3 is 0 Å². The fraction of sp³-hybridized carbons (Fsp3) is 0.467. The molecule has 5 heteroatoms. The van der Waals surface area contributed by atoms with Gasteiger partial charge in [-0.25, -0.2) is 9.97 Å². The first kappa shape index (κ1) is 13.1. The van der Waals surface area contributed by atoms with Crippen molar-refractivity contribution < 1.29 is 4.74 Å². The maximum Gasteiger partial charge on any atom is 0.161 e. The number of anilines is 1. The summed E-state index contributed by atoms with van der Waals surface area (Å²) in [6, 6.07) is 4.03. The van der Waals surface area contributed by atoms with Crippen molar-refractivity contribution in [2.24, 2.45) is 5.92 Å². The highest BCUT2D eigenvalue weighted by molar-refractivity contribution is 5.57. The summed E-state index contributed by atoms with van der Waals surface area (Å²) < 4.78 is 7.40. The Morgan fingerprint density at radius 1 is 1.30 bits per heavy atom. The molecular weight excluding hydrogens is 252 g/mol. The van der Waals surface area contributed by atoms with E-state index in [1.54, 1.807) is 6.20 Å². The molecule has 0 aliphatic carbocycles. The van der Waals surface area contributed by atoms with Crippen LogP contribution in [0.2, 0.25) is 0 Å². The third-order valence-corrected chi connectivity index (χ3v) is 3.76. The summed E-state index contributed by atoms with van der Waals surface area (Å²) in [4.78, 5) is 8.74. The molecule has 3 rings (SSSR count). The first-order valence-electron chi connectivity index (χ1n) is 7.11. The van der Waals surface area contributed by atoms with E-state index in [-0.39, 0.29) is 0 Å². The second kappa shape index (κ2) is 6.05. The van der Waals surface area contributed by atoms with E-state index in [0.29, 0.717) is 5.92 Å². The Morgan fingerprint density at radius 2 is 2.15 bits per heavy atom. The molecule has 0 bridgehead atoms. The third-order valence-electron chi connectivity index (χ3n) is 3.76. The molecule has 0 atom stereocenters. The highest BCUT2D eigenvalue weighted by Crippen LogP contribution is 2.21. The zero-order chi connectivity index (χ0) is 13.8. The smallest absolute Gasteiger partial charge is 0.161 e. The third kappa shape index (κ3) is 2.82. The van der Waals surface area contributed by atoms with Gasteiger partial charge in [0.25, 0.3) is 0 Å². The van der Waals surface area contributed by atoms with Gasteiger partial charge in [-0.3, -0.25) is 4.57 Å². The molecule has 0 saturated carbocycles. The molecule has 0 radical (unpaired) electrons. The first-order chi connectivity index (χ1) is 9.84. The Bertz CT molecular complexity index is 561. The van der Waals surface area contributed by atoms with Crippen LogP contribution in [-0.4, -0.2) is 34.3 Å². The van der Waals surface area contributed by atoms with Gasteiger partial charge in [-0.05, 0) is 37.8 Å². The van der Waals surface area contributed by atoms with Crippen LogP contribution in [0.4, 0.5) is 5.69 Å². The Labute approximate surface area is 119 Å². The SMILES string of the molecule is Cc1nccn1-c1ncccc1NCC1CCOCC1. The number of hydrogen-bond acceptors (Lipinski definition) is 4. The molecule has 1 fully saturated rings. The van der Waals surface area contributed by atoms with Crippen molar-refractivity contribution in [3.63, 3.8) is 0 Å². The summed E-state index contributed by atoms with van der Waals surface area (Å²) in [5.74, 6) is 2.54. The predicted octanol–water partition coefficient (Wildman–Crippen LogP) is 2.41. The molecule has 1 aliphatic rings. The van der Waals surface area contributed by atoms with E-state index in [1.165, 1.54) is 0 Å². The molecule has 2 aromatic rings. The highest BCUT2D eigenvalue weighted by atomic mass is 16.5. The second-order valence-electron chi connectivity index (χ2n) is 5.16. The van der Waals surface area contributed by atoms with Crippen LogP contribution in [0.15, 0.2) is 30.7 Å². The van der Waals surface area contributed by atoms with Gasteiger partial charge in [-0.2, -0.15) is 0 Å². The zero-order valence-corrected chi connectivity index (χ0v) is 11.7. The van der Waals surface area contributed by atoms with Crippen LogP contribution in [0.5, 0.6) is 0 Å². The zero-order valence-electron chi connectivity index (χ0n) is 11.7.